The predicted molar refractivity (Wildman–Crippen MR) is 161 cm³/mol. The van der Waals surface area contributed by atoms with Crippen LogP contribution in [0.2, 0.25) is 0 Å². The number of ether oxygens (including phenoxy) is 2. The number of hydrogen-bond acceptors (Lipinski definition) is 13. The highest BCUT2D eigenvalue weighted by Gasteiger charge is 2.34. The lowest BCUT2D eigenvalue weighted by Gasteiger charge is -2.21. The minimum absolute atomic E-state index is 0.0564. The van der Waals surface area contributed by atoms with Gasteiger partial charge in [-0.25, -0.2) is 0 Å². The number of hydroxylamine groups is 2. The molecular weight excluding hydrogens is 651 g/mol. The number of carboxylic acid groups (broad SMARTS) is 1. The highest BCUT2D eigenvalue weighted by Crippen LogP contribution is 2.51. The molecule has 5 rings (SSSR count). The number of carbonyl (C=O) groups excluding carboxylic acids is 1. The lowest BCUT2D eigenvalue weighted by Crippen LogP contribution is -2.36. The minimum Gasteiger partial charge on any atom is -0.480 e. The van der Waals surface area contributed by atoms with Gasteiger partial charge in [0.15, 0.2) is 15.8 Å². The molecule has 42 heavy (non-hydrogen) atoms. The van der Waals surface area contributed by atoms with Gasteiger partial charge in [-0.1, -0.05) is 25.6 Å². The summed E-state index contributed by atoms with van der Waals surface area (Å²) >= 11 is 8.05. The number of allylic oxidation sites excluding steroid dienone is 1. The molecule has 224 valence electrons. The quantitative estimate of drug-likeness (QED) is 0.209. The van der Waals surface area contributed by atoms with Crippen LogP contribution in [0.1, 0.15) is 20.3 Å². The van der Waals surface area contributed by atoms with E-state index in [4.69, 9.17) is 21.7 Å². The molecule has 0 aliphatic carbocycles. The molecule has 1 saturated heterocycles. The smallest absolute Gasteiger partial charge is 0.323 e. The Balaban J connectivity index is 1.69. The molecular formula is C24H23N3O10S5. The van der Waals surface area contributed by atoms with Crippen LogP contribution in [0.15, 0.2) is 32.9 Å². The zero-order valence-corrected chi connectivity index (χ0v) is 26.0. The van der Waals surface area contributed by atoms with Gasteiger partial charge in [-0.3, -0.25) is 28.7 Å². The van der Waals surface area contributed by atoms with E-state index in [0.29, 0.717) is 22.1 Å². The maximum atomic E-state index is 13.7. The van der Waals surface area contributed by atoms with Crippen LogP contribution in [0.4, 0.5) is 5.69 Å². The molecule has 0 bridgehead atoms. The molecule has 1 aromatic carbocycles. The van der Waals surface area contributed by atoms with Crippen molar-refractivity contribution < 1.29 is 42.3 Å². The van der Waals surface area contributed by atoms with Crippen LogP contribution in [0, 0.1) is 5.92 Å². The van der Waals surface area contributed by atoms with Crippen molar-refractivity contribution >= 4 is 89.6 Å². The molecule has 3 N–H and O–H groups in total. The molecule has 0 radical (unpaired) electrons. The minimum atomic E-state index is -4.19. The van der Waals surface area contributed by atoms with Gasteiger partial charge in [0.2, 0.25) is 6.79 Å². The normalized spacial score (nSPS) is 19.4. The maximum Gasteiger partial charge on any atom is 0.323 e. The zero-order chi connectivity index (χ0) is 30.5. The van der Waals surface area contributed by atoms with Crippen molar-refractivity contribution in [1.82, 2.24) is 9.63 Å². The van der Waals surface area contributed by atoms with Crippen molar-refractivity contribution in [2.24, 2.45) is 5.92 Å². The van der Waals surface area contributed by atoms with Crippen LogP contribution in [-0.4, -0.2) is 68.2 Å². The molecule has 3 aliphatic rings. The number of amides is 1. The van der Waals surface area contributed by atoms with Gasteiger partial charge in [0.05, 0.1) is 21.0 Å². The van der Waals surface area contributed by atoms with Gasteiger partial charge < -0.3 is 19.5 Å². The van der Waals surface area contributed by atoms with Gasteiger partial charge >= 0.3 is 5.97 Å². The van der Waals surface area contributed by atoms with Gasteiger partial charge in [0.1, 0.15) is 16.1 Å². The Morgan fingerprint density at radius 1 is 1.19 bits per heavy atom. The van der Waals surface area contributed by atoms with E-state index in [2.05, 4.69) is 0 Å². The third kappa shape index (κ3) is 5.97. The average Bonchev–Trinajstić information content (AvgIpc) is 3.63. The SMILES string of the molecule is CC(C)C(/C=C1\Sc2cc3c(cc2N1CCCS(=O)(=O)O)OCO3)=c1\s/c(=C2\SC(=S)N(O)C2=O)n(CC(=O)O)c1=O. The Morgan fingerprint density at radius 3 is 2.48 bits per heavy atom. The number of aliphatic carboxylic acids is 1. The molecule has 0 spiro atoms. The third-order valence-electron chi connectivity index (χ3n) is 6.29. The number of thioether (sulfide) groups is 2. The second kappa shape index (κ2) is 11.7. The number of carbonyl (C=O) groups is 2. The third-order valence-corrected chi connectivity index (χ3v) is 10.9. The van der Waals surface area contributed by atoms with Crippen LogP contribution in [0.25, 0.3) is 10.5 Å². The topological polar surface area (TPSA) is 176 Å². The average molecular weight is 674 g/mol. The molecule has 3 aliphatic heterocycles. The zero-order valence-electron chi connectivity index (χ0n) is 21.9. The molecule has 0 atom stereocenters. The van der Waals surface area contributed by atoms with E-state index in [1.54, 1.807) is 18.2 Å². The second-order valence-corrected chi connectivity index (χ2v) is 14.8. The number of aromatic nitrogens is 1. The Bertz CT molecular complexity index is 1840. The largest absolute Gasteiger partial charge is 0.480 e. The van der Waals surface area contributed by atoms with Gasteiger partial charge in [-0.15, -0.1) is 11.3 Å². The molecule has 0 saturated carbocycles. The summed E-state index contributed by atoms with van der Waals surface area (Å²) in [5, 5.41) is 20.4. The van der Waals surface area contributed by atoms with Gasteiger partial charge in [-0.2, -0.15) is 13.5 Å². The first-order chi connectivity index (χ1) is 19.7. The summed E-state index contributed by atoms with van der Waals surface area (Å²) in [7, 11) is -4.19. The van der Waals surface area contributed by atoms with Crippen LogP contribution in [-0.2, 0) is 26.3 Å². The number of hydrogen-bond donors (Lipinski definition) is 3. The Morgan fingerprint density at radius 2 is 1.88 bits per heavy atom. The number of benzene rings is 1. The van der Waals surface area contributed by atoms with Crippen molar-refractivity contribution in [1.29, 1.82) is 0 Å². The van der Waals surface area contributed by atoms with Crippen molar-refractivity contribution in [2.45, 2.75) is 31.7 Å². The van der Waals surface area contributed by atoms with E-state index >= 15 is 0 Å². The molecule has 1 amide bonds. The van der Waals surface area contributed by atoms with E-state index in [9.17, 15) is 37.7 Å². The first-order valence-corrected chi connectivity index (χ1v) is 16.7. The number of carboxylic acids is 1. The summed E-state index contributed by atoms with van der Waals surface area (Å²) in [6.07, 6.45) is 1.88. The highest BCUT2D eigenvalue weighted by atomic mass is 32.2. The molecule has 13 nitrogen and oxygen atoms in total. The van der Waals surface area contributed by atoms with E-state index in [1.165, 1.54) is 11.8 Å². The van der Waals surface area contributed by atoms with Crippen molar-refractivity contribution in [3.05, 3.63) is 42.8 Å². The highest BCUT2D eigenvalue weighted by molar-refractivity contribution is 8.30. The van der Waals surface area contributed by atoms with Crippen molar-refractivity contribution in [3.63, 3.8) is 0 Å². The standard InChI is InChI=1S/C24H23N3O10S5/c1-11(2)12(19-21(30)26(9-18(28)29)23(40-19)20-22(31)27(32)24(38)41-20)6-17-25(4-3-5-42(33,34)35)13-7-14-15(37-10-36-14)8-16(13)39-17/h6-8,11,32H,3-5,9-10H2,1-2H3,(H,28,29)(H,33,34,35)/b17-6-,19-12-,23-20-. The lowest BCUT2D eigenvalue weighted by atomic mass is 10.0. The van der Waals surface area contributed by atoms with Gasteiger partial charge in [0.25, 0.3) is 21.6 Å². The fourth-order valence-electron chi connectivity index (χ4n) is 4.39. The first-order valence-electron chi connectivity index (χ1n) is 12.3. The van der Waals surface area contributed by atoms with Crippen LogP contribution < -0.4 is 29.1 Å². The van der Waals surface area contributed by atoms with Gasteiger partial charge in [-0.05, 0) is 48.0 Å². The first kappa shape index (κ1) is 30.6. The van der Waals surface area contributed by atoms with Crippen LogP contribution >= 0.6 is 47.1 Å². The lowest BCUT2D eigenvalue weighted by molar-refractivity contribution is -0.140. The fraction of sp³-hybridized carbons (Fsp3) is 0.333. The predicted octanol–water partition coefficient (Wildman–Crippen LogP) is 1.62. The number of rotatable bonds is 8. The number of thiocarbonyl (C=S) groups is 1. The van der Waals surface area contributed by atoms with Gasteiger partial charge in [0, 0.05) is 23.6 Å². The Hall–Kier alpha value is -2.87. The number of anilines is 1. The second-order valence-electron chi connectivity index (χ2n) is 9.49. The Labute approximate surface area is 256 Å². The van der Waals surface area contributed by atoms with E-state index < -0.39 is 39.9 Å². The van der Waals surface area contributed by atoms with E-state index in [-0.39, 0.29) is 49.2 Å². The molecule has 1 fully saturated rings. The molecule has 0 unspecified atom stereocenters. The maximum absolute atomic E-state index is 13.7. The van der Waals surface area contributed by atoms with Crippen LogP contribution in [0.5, 0.6) is 11.5 Å². The molecule has 4 heterocycles. The summed E-state index contributed by atoms with van der Waals surface area (Å²) in [6, 6.07) is 3.58. The summed E-state index contributed by atoms with van der Waals surface area (Å²) in [6.45, 7) is 3.27. The van der Waals surface area contributed by atoms with Crippen molar-refractivity contribution in [3.8, 4) is 11.5 Å². The summed E-state index contributed by atoms with van der Waals surface area (Å²) in [5.74, 6) is -1.77. The fourth-order valence-corrected chi connectivity index (χ4v) is 8.57. The monoisotopic (exact) mass is 673 g/mol. The number of nitrogens with zero attached hydrogens (tertiary/aromatic N) is 3. The molecule has 2 aromatic rings. The van der Waals surface area contributed by atoms with Crippen molar-refractivity contribution in [2.75, 3.05) is 24.0 Å². The van der Waals surface area contributed by atoms with E-state index in [0.717, 1.165) is 38.2 Å². The summed E-state index contributed by atoms with van der Waals surface area (Å²) < 4.78 is 44.2. The Kier molecular flexibility index (Phi) is 8.49. The number of fused-ring (bicyclic) bond motifs is 2. The summed E-state index contributed by atoms with van der Waals surface area (Å²) in [4.78, 5) is 40.6. The van der Waals surface area contributed by atoms with E-state index in [1.807, 2.05) is 18.7 Å². The van der Waals surface area contributed by atoms with Crippen LogP contribution in [0.3, 0.4) is 0 Å². The summed E-state index contributed by atoms with van der Waals surface area (Å²) in [5.41, 5.74) is 0.648. The number of thiazole rings is 1. The molecule has 1 aromatic heterocycles. The molecule has 18 heteroatoms.